The van der Waals surface area contributed by atoms with E-state index in [1.165, 1.54) is 23.1 Å². The van der Waals surface area contributed by atoms with Gasteiger partial charge >= 0.3 is 0 Å². The lowest BCUT2D eigenvalue weighted by atomic mass is 10.3. The first kappa shape index (κ1) is 9.64. The summed E-state index contributed by atoms with van der Waals surface area (Å²) in [6.45, 7) is 1.04. The zero-order valence-electron chi connectivity index (χ0n) is 7.58. The molecule has 1 unspecified atom stereocenters. The molecule has 0 spiro atoms. The number of nitrogens with one attached hydrogen (secondary N) is 1. The average molecular weight is 257 g/mol. The van der Waals surface area contributed by atoms with Gasteiger partial charge in [0.1, 0.15) is 11.4 Å². The van der Waals surface area contributed by atoms with Gasteiger partial charge < -0.3 is 5.32 Å². The number of nitrogens with zero attached hydrogens (tertiary/aromatic N) is 4. The van der Waals surface area contributed by atoms with Crippen molar-refractivity contribution in [1.29, 1.82) is 0 Å². The molecular weight excluding hydrogens is 250 g/mol. The molecule has 1 fully saturated rings. The minimum Gasteiger partial charge on any atom is -0.300 e. The number of hydrogen-bond donors (Lipinski definition) is 1. The second-order valence-corrected chi connectivity index (χ2v) is 5.59. The number of aromatic nitrogens is 4. The van der Waals surface area contributed by atoms with Crippen LogP contribution >= 0.6 is 34.8 Å². The first-order valence-electron chi connectivity index (χ1n) is 4.40. The van der Waals surface area contributed by atoms with Gasteiger partial charge in [-0.05, 0) is 23.1 Å². The summed E-state index contributed by atoms with van der Waals surface area (Å²) in [5.74, 6) is 1.14. The van der Waals surface area contributed by atoms with Crippen molar-refractivity contribution in [3.05, 3.63) is 10.3 Å². The first-order valence-corrected chi connectivity index (χ1v) is 7.05. The van der Waals surface area contributed by atoms with Crippen LogP contribution in [-0.4, -0.2) is 31.5 Å². The first-order chi connectivity index (χ1) is 7.45. The van der Waals surface area contributed by atoms with Crippen LogP contribution in [0.25, 0.3) is 11.4 Å². The minimum absolute atomic E-state index is 0.321. The Morgan fingerprint density at radius 3 is 3.07 bits per heavy atom. The third-order valence-corrected chi connectivity index (χ3v) is 4.69. The Morgan fingerprint density at radius 1 is 1.33 bits per heavy atom. The SMILES string of the molecule is c1snnc1-c1nnsc1C1NCCS1. The molecule has 0 saturated carbocycles. The van der Waals surface area contributed by atoms with Gasteiger partial charge in [0.15, 0.2) is 0 Å². The summed E-state index contributed by atoms with van der Waals surface area (Å²) in [5, 5.41) is 13.8. The topological polar surface area (TPSA) is 63.6 Å². The summed E-state index contributed by atoms with van der Waals surface area (Å²) in [6.07, 6.45) is 0. The van der Waals surface area contributed by atoms with Crippen LogP contribution in [-0.2, 0) is 0 Å². The van der Waals surface area contributed by atoms with E-state index in [2.05, 4.69) is 24.5 Å². The van der Waals surface area contributed by atoms with Gasteiger partial charge in [0.05, 0.1) is 10.3 Å². The van der Waals surface area contributed by atoms with E-state index in [1.54, 1.807) is 0 Å². The second-order valence-electron chi connectivity index (χ2n) is 2.98. The molecule has 0 radical (unpaired) electrons. The molecule has 8 heteroatoms. The van der Waals surface area contributed by atoms with E-state index in [-0.39, 0.29) is 0 Å². The zero-order chi connectivity index (χ0) is 10.1. The zero-order valence-corrected chi connectivity index (χ0v) is 10.0. The quantitative estimate of drug-likeness (QED) is 0.877. The van der Waals surface area contributed by atoms with Gasteiger partial charge in [-0.1, -0.05) is 8.98 Å². The highest BCUT2D eigenvalue weighted by Crippen LogP contribution is 2.37. The molecular formula is C7H7N5S3. The molecule has 2 aromatic rings. The van der Waals surface area contributed by atoms with Crippen LogP contribution in [0.1, 0.15) is 10.3 Å². The molecule has 5 nitrogen and oxygen atoms in total. The Morgan fingerprint density at radius 2 is 2.33 bits per heavy atom. The maximum atomic E-state index is 4.12. The Labute approximate surface area is 98.6 Å². The van der Waals surface area contributed by atoms with Gasteiger partial charge in [0, 0.05) is 17.7 Å². The molecule has 3 rings (SSSR count). The molecule has 0 bridgehead atoms. The van der Waals surface area contributed by atoms with Crippen LogP contribution in [0.2, 0.25) is 0 Å². The van der Waals surface area contributed by atoms with Gasteiger partial charge in [-0.3, -0.25) is 0 Å². The van der Waals surface area contributed by atoms with Crippen molar-refractivity contribution in [3.8, 4) is 11.4 Å². The third kappa shape index (κ3) is 1.78. The predicted octanol–water partition coefficient (Wildman–Crippen LogP) is 1.39. The highest BCUT2D eigenvalue weighted by molar-refractivity contribution is 7.99. The second kappa shape index (κ2) is 4.12. The van der Waals surface area contributed by atoms with Crippen molar-refractivity contribution < 1.29 is 0 Å². The van der Waals surface area contributed by atoms with Crippen molar-refractivity contribution in [2.45, 2.75) is 5.37 Å². The van der Waals surface area contributed by atoms with E-state index in [4.69, 9.17) is 0 Å². The molecule has 0 aromatic carbocycles. The molecule has 15 heavy (non-hydrogen) atoms. The molecule has 1 saturated heterocycles. The van der Waals surface area contributed by atoms with E-state index < -0.39 is 0 Å². The standard InChI is InChI=1S/C7H7N5S3/c1-2-13-7(8-1)6-5(10-12-15-6)4-3-14-11-9-4/h3,7-8H,1-2H2. The molecule has 1 atom stereocenters. The van der Waals surface area contributed by atoms with E-state index in [1.807, 2.05) is 17.1 Å². The van der Waals surface area contributed by atoms with Gasteiger partial charge in [0.2, 0.25) is 0 Å². The molecule has 3 heterocycles. The maximum absolute atomic E-state index is 4.12. The average Bonchev–Trinajstić information content (AvgIpc) is 3.01. The van der Waals surface area contributed by atoms with E-state index in [0.29, 0.717) is 5.37 Å². The molecule has 1 N–H and O–H groups in total. The van der Waals surface area contributed by atoms with Crippen molar-refractivity contribution in [2.24, 2.45) is 0 Å². The third-order valence-electron chi connectivity index (χ3n) is 2.07. The lowest BCUT2D eigenvalue weighted by molar-refractivity contribution is 0.760. The van der Waals surface area contributed by atoms with Crippen LogP contribution in [0.4, 0.5) is 0 Å². The normalized spacial score (nSPS) is 20.9. The smallest absolute Gasteiger partial charge is 0.132 e. The van der Waals surface area contributed by atoms with E-state index >= 15 is 0 Å². The van der Waals surface area contributed by atoms with E-state index in [9.17, 15) is 0 Å². The Kier molecular flexibility index (Phi) is 2.65. The fraction of sp³-hybridized carbons (Fsp3) is 0.429. The van der Waals surface area contributed by atoms with E-state index in [0.717, 1.165) is 28.6 Å². The monoisotopic (exact) mass is 257 g/mol. The lowest BCUT2D eigenvalue weighted by Crippen LogP contribution is -2.11. The highest BCUT2D eigenvalue weighted by Gasteiger charge is 2.24. The molecule has 1 aliphatic heterocycles. The van der Waals surface area contributed by atoms with Gasteiger partial charge in [0.25, 0.3) is 0 Å². The molecule has 0 amide bonds. The summed E-state index contributed by atoms with van der Waals surface area (Å²) in [4.78, 5) is 1.16. The summed E-state index contributed by atoms with van der Waals surface area (Å²) in [6, 6.07) is 0. The number of hydrogen-bond acceptors (Lipinski definition) is 8. The number of rotatable bonds is 2. The summed E-state index contributed by atoms with van der Waals surface area (Å²) in [7, 11) is 0. The lowest BCUT2D eigenvalue weighted by Gasteiger charge is -2.05. The predicted molar refractivity (Wildman–Crippen MR) is 62.0 cm³/mol. The van der Waals surface area contributed by atoms with Crippen molar-refractivity contribution in [2.75, 3.05) is 12.3 Å². The fourth-order valence-corrected chi connectivity index (χ4v) is 3.77. The Bertz CT molecular complexity index is 433. The molecule has 0 aliphatic carbocycles. The van der Waals surface area contributed by atoms with Gasteiger partial charge in [-0.15, -0.1) is 22.0 Å². The molecule has 78 valence electrons. The minimum atomic E-state index is 0.321. The van der Waals surface area contributed by atoms with Crippen LogP contribution in [0, 0.1) is 0 Å². The van der Waals surface area contributed by atoms with Crippen LogP contribution in [0.15, 0.2) is 5.38 Å². The van der Waals surface area contributed by atoms with Crippen molar-refractivity contribution in [1.82, 2.24) is 24.5 Å². The van der Waals surface area contributed by atoms with Crippen LogP contribution < -0.4 is 5.32 Å². The van der Waals surface area contributed by atoms with Crippen molar-refractivity contribution >= 4 is 34.8 Å². The maximum Gasteiger partial charge on any atom is 0.132 e. The fourth-order valence-electron chi connectivity index (χ4n) is 1.41. The largest absolute Gasteiger partial charge is 0.300 e. The molecule has 2 aromatic heterocycles. The summed E-state index contributed by atoms with van der Waals surface area (Å²) >= 11 is 4.66. The Balaban J connectivity index is 1.98. The van der Waals surface area contributed by atoms with Crippen molar-refractivity contribution in [3.63, 3.8) is 0 Å². The van der Waals surface area contributed by atoms with Gasteiger partial charge in [-0.25, -0.2) is 0 Å². The van der Waals surface area contributed by atoms with Gasteiger partial charge in [-0.2, -0.15) is 0 Å². The highest BCUT2D eigenvalue weighted by atomic mass is 32.2. The summed E-state index contributed by atoms with van der Waals surface area (Å²) in [5.41, 5.74) is 1.71. The van der Waals surface area contributed by atoms with Crippen LogP contribution in [0.5, 0.6) is 0 Å². The summed E-state index contributed by atoms with van der Waals surface area (Å²) < 4.78 is 7.85. The van der Waals surface area contributed by atoms with Crippen LogP contribution in [0.3, 0.4) is 0 Å². The molecule has 1 aliphatic rings. The Hall–Kier alpha value is -0.570. The number of thioether (sulfide) groups is 1.